The Kier molecular flexibility index (Phi) is 5.87. The quantitative estimate of drug-likeness (QED) is 0.762. The minimum atomic E-state index is -0.123. The fourth-order valence-corrected chi connectivity index (χ4v) is 3.69. The molecule has 4 N–H and O–H groups in total. The van der Waals surface area contributed by atoms with E-state index in [9.17, 15) is 9.90 Å². The van der Waals surface area contributed by atoms with Crippen molar-refractivity contribution in [2.24, 2.45) is 11.7 Å². The molecule has 1 saturated carbocycles. The highest BCUT2D eigenvalue weighted by Gasteiger charge is 2.27. The molecule has 0 spiro atoms. The van der Waals surface area contributed by atoms with Crippen LogP contribution in [0.1, 0.15) is 43.2 Å². The number of rotatable bonds is 5. The number of aliphatic hydroxyl groups is 1. The van der Waals surface area contributed by atoms with Gasteiger partial charge >= 0.3 is 0 Å². The molecule has 0 aromatic heterocycles. The summed E-state index contributed by atoms with van der Waals surface area (Å²) in [6.45, 7) is 3.44. The fraction of sp³-hybridized carbons (Fsp3) is 0.632. The summed E-state index contributed by atoms with van der Waals surface area (Å²) in [5.41, 5.74) is 8.28. The maximum atomic E-state index is 12.1. The van der Waals surface area contributed by atoms with Crippen LogP contribution in [-0.4, -0.2) is 41.1 Å². The number of nitrogens with one attached hydrogen (secondary N) is 1. The molecular formula is C19H29N3O2. The molecule has 5 heteroatoms. The summed E-state index contributed by atoms with van der Waals surface area (Å²) in [5.74, 6) is 0.229. The second-order valence-electron chi connectivity index (χ2n) is 7.31. The lowest BCUT2D eigenvalue weighted by Crippen LogP contribution is -2.35. The van der Waals surface area contributed by atoms with Gasteiger partial charge in [0.2, 0.25) is 5.91 Å². The molecule has 2 atom stereocenters. The first-order valence-electron chi connectivity index (χ1n) is 9.11. The van der Waals surface area contributed by atoms with Crippen molar-refractivity contribution in [3.63, 3.8) is 0 Å². The zero-order valence-electron chi connectivity index (χ0n) is 14.3. The second-order valence-corrected chi connectivity index (χ2v) is 7.31. The first kappa shape index (κ1) is 17.4. The Morgan fingerprint density at radius 1 is 1.12 bits per heavy atom. The predicted molar refractivity (Wildman–Crippen MR) is 94.1 cm³/mol. The summed E-state index contributed by atoms with van der Waals surface area (Å²) in [5, 5.41) is 12.6. The van der Waals surface area contributed by atoms with Gasteiger partial charge in [-0.15, -0.1) is 0 Å². The number of aliphatic hydroxyl groups excluding tert-OH is 1. The molecule has 0 bridgehead atoms. The van der Waals surface area contributed by atoms with Gasteiger partial charge in [-0.25, -0.2) is 0 Å². The third-order valence-electron chi connectivity index (χ3n) is 5.30. The maximum Gasteiger partial charge on any atom is 0.223 e. The Hall–Kier alpha value is -1.43. The molecule has 1 aromatic rings. The molecular weight excluding hydrogens is 302 g/mol. The van der Waals surface area contributed by atoms with Crippen LogP contribution < -0.4 is 11.1 Å². The molecule has 1 aromatic carbocycles. The lowest BCUT2D eigenvalue weighted by Gasteiger charge is -2.29. The Morgan fingerprint density at radius 3 is 2.42 bits per heavy atom. The molecule has 1 saturated heterocycles. The van der Waals surface area contributed by atoms with Gasteiger partial charge in [0.15, 0.2) is 0 Å². The van der Waals surface area contributed by atoms with Crippen molar-refractivity contribution in [1.29, 1.82) is 0 Å². The van der Waals surface area contributed by atoms with Crippen molar-refractivity contribution >= 4 is 5.91 Å². The van der Waals surface area contributed by atoms with Crippen LogP contribution in [0, 0.1) is 5.92 Å². The van der Waals surface area contributed by atoms with Gasteiger partial charge in [0.1, 0.15) is 0 Å². The van der Waals surface area contributed by atoms with Crippen LogP contribution in [0.3, 0.4) is 0 Å². The summed E-state index contributed by atoms with van der Waals surface area (Å²) < 4.78 is 0. The average molecular weight is 331 g/mol. The van der Waals surface area contributed by atoms with Crippen LogP contribution in [0.2, 0.25) is 0 Å². The zero-order valence-corrected chi connectivity index (χ0v) is 14.3. The number of nitrogens with zero attached hydrogens (tertiary/aromatic N) is 1. The SMILES string of the molecule is NC1CCC(C(=O)NCc2ccc(CN3CCC(O)CC3)cc2)C1. The number of nitrogens with two attached hydrogens (primary N) is 1. The van der Waals surface area contributed by atoms with E-state index in [1.807, 2.05) is 0 Å². The average Bonchev–Trinajstić information content (AvgIpc) is 3.03. The van der Waals surface area contributed by atoms with Gasteiger partial charge in [0.05, 0.1) is 6.10 Å². The van der Waals surface area contributed by atoms with Crippen molar-refractivity contribution in [3.05, 3.63) is 35.4 Å². The molecule has 1 aliphatic heterocycles. The first-order chi connectivity index (χ1) is 11.6. The van der Waals surface area contributed by atoms with Gasteiger partial charge in [0.25, 0.3) is 0 Å². The monoisotopic (exact) mass is 331 g/mol. The summed E-state index contributed by atoms with van der Waals surface area (Å²) in [6, 6.07) is 8.65. The highest BCUT2D eigenvalue weighted by atomic mass is 16.3. The standard InChI is InChI=1S/C19H29N3O2/c20-17-6-5-16(11-17)19(24)21-12-14-1-3-15(4-2-14)13-22-9-7-18(23)8-10-22/h1-4,16-18,23H,5-13,20H2,(H,21,24). The van der Waals surface area contributed by atoms with E-state index < -0.39 is 0 Å². The van der Waals surface area contributed by atoms with E-state index in [1.165, 1.54) is 5.56 Å². The minimum absolute atomic E-state index is 0.0914. The molecule has 24 heavy (non-hydrogen) atoms. The lowest BCUT2D eigenvalue weighted by molar-refractivity contribution is -0.125. The lowest BCUT2D eigenvalue weighted by atomic mass is 10.1. The van der Waals surface area contributed by atoms with Crippen LogP contribution in [0.5, 0.6) is 0 Å². The molecule has 2 aliphatic rings. The van der Waals surface area contributed by atoms with E-state index in [0.717, 1.165) is 57.3 Å². The van der Waals surface area contributed by atoms with Gasteiger partial charge in [-0.3, -0.25) is 9.69 Å². The Labute approximate surface area is 144 Å². The Morgan fingerprint density at radius 2 is 1.79 bits per heavy atom. The van der Waals surface area contributed by atoms with E-state index in [0.29, 0.717) is 6.54 Å². The van der Waals surface area contributed by atoms with Gasteiger partial charge < -0.3 is 16.2 Å². The molecule has 1 aliphatic carbocycles. The first-order valence-corrected chi connectivity index (χ1v) is 9.11. The number of carbonyl (C=O) groups is 1. The van der Waals surface area contributed by atoms with Gasteiger partial charge in [-0.05, 0) is 43.2 Å². The molecule has 132 valence electrons. The van der Waals surface area contributed by atoms with Gasteiger partial charge in [-0.1, -0.05) is 24.3 Å². The second kappa shape index (κ2) is 8.10. The number of amides is 1. The molecule has 2 unspecified atom stereocenters. The van der Waals surface area contributed by atoms with E-state index >= 15 is 0 Å². The summed E-state index contributed by atoms with van der Waals surface area (Å²) in [4.78, 5) is 14.5. The van der Waals surface area contributed by atoms with Gasteiger partial charge in [-0.2, -0.15) is 0 Å². The highest BCUT2D eigenvalue weighted by molar-refractivity contribution is 5.79. The molecule has 3 rings (SSSR count). The Bertz CT molecular complexity index is 538. The number of carbonyl (C=O) groups excluding carboxylic acids is 1. The number of piperidine rings is 1. The van der Waals surface area contributed by atoms with E-state index in [2.05, 4.69) is 34.5 Å². The zero-order chi connectivity index (χ0) is 16.9. The third-order valence-corrected chi connectivity index (χ3v) is 5.30. The van der Waals surface area contributed by atoms with Crippen LogP contribution in [0.4, 0.5) is 0 Å². The van der Waals surface area contributed by atoms with Crippen molar-refractivity contribution in [2.75, 3.05) is 13.1 Å². The number of hydrogen-bond acceptors (Lipinski definition) is 4. The third kappa shape index (κ3) is 4.79. The largest absolute Gasteiger partial charge is 0.393 e. The minimum Gasteiger partial charge on any atom is -0.393 e. The van der Waals surface area contributed by atoms with E-state index in [1.54, 1.807) is 0 Å². The normalized spacial score (nSPS) is 25.8. The van der Waals surface area contributed by atoms with Crippen LogP contribution in [0.15, 0.2) is 24.3 Å². The molecule has 1 amide bonds. The molecule has 2 fully saturated rings. The van der Waals surface area contributed by atoms with Crippen molar-refractivity contribution in [1.82, 2.24) is 10.2 Å². The summed E-state index contributed by atoms with van der Waals surface area (Å²) in [6.07, 6.45) is 4.30. The number of likely N-dealkylation sites (tertiary alicyclic amines) is 1. The Balaban J connectivity index is 1.43. The van der Waals surface area contributed by atoms with Crippen molar-refractivity contribution in [2.45, 2.75) is 57.3 Å². The number of hydrogen-bond donors (Lipinski definition) is 3. The summed E-state index contributed by atoms with van der Waals surface area (Å²) >= 11 is 0. The van der Waals surface area contributed by atoms with Crippen LogP contribution in [0.25, 0.3) is 0 Å². The summed E-state index contributed by atoms with van der Waals surface area (Å²) in [7, 11) is 0. The maximum absolute atomic E-state index is 12.1. The molecule has 0 radical (unpaired) electrons. The number of benzene rings is 1. The topological polar surface area (TPSA) is 78.6 Å². The van der Waals surface area contributed by atoms with E-state index in [4.69, 9.17) is 5.73 Å². The fourth-order valence-electron chi connectivity index (χ4n) is 3.69. The molecule has 5 nitrogen and oxygen atoms in total. The smallest absolute Gasteiger partial charge is 0.223 e. The highest BCUT2D eigenvalue weighted by Crippen LogP contribution is 2.24. The molecule has 1 heterocycles. The van der Waals surface area contributed by atoms with Crippen molar-refractivity contribution < 1.29 is 9.90 Å². The predicted octanol–water partition coefficient (Wildman–Crippen LogP) is 1.39. The van der Waals surface area contributed by atoms with E-state index in [-0.39, 0.29) is 24.0 Å². The van der Waals surface area contributed by atoms with Crippen LogP contribution >= 0.6 is 0 Å². The van der Waals surface area contributed by atoms with Gasteiger partial charge in [0, 0.05) is 38.1 Å². The van der Waals surface area contributed by atoms with Crippen LogP contribution in [-0.2, 0) is 17.9 Å². The van der Waals surface area contributed by atoms with Crippen molar-refractivity contribution in [3.8, 4) is 0 Å².